The first-order valence-electron chi connectivity index (χ1n) is 5.21. The molecule has 7 heteroatoms. The maximum absolute atomic E-state index is 11.4. The van der Waals surface area contributed by atoms with Crippen molar-refractivity contribution < 1.29 is 19.2 Å². The van der Waals surface area contributed by atoms with Crippen LogP contribution >= 0.6 is 0 Å². The van der Waals surface area contributed by atoms with Crippen molar-refractivity contribution in [2.45, 2.75) is 19.3 Å². The van der Waals surface area contributed by atoms with Gasteiger partial charge >= 0.3 is 0 Å². The largest absolute Gasteiger partial charge is 0.370 e. The van der Waals surface area contributed by atoms with Crippen molar-refractivity contribution in [3.05, 3.63) is 0 Å². The molecule has 7 nitrogen and oxygen atoms in total. The summed E-state index contributed by atoms with van der Waals surface area (Å²) in [6.07, 6.45) is 0.571. The summed E-state index contributed by atoms with van der Waals surface area (Å²) in [4.78, 5) is 43.1. The maximum atomic E-state index is 11.4. The molecule has 1 atom stereocenters. The second-order valence-corrected chi connectivity index (χ2v) is 3.49. The molecule has 0 aromatic rings. The van der Waals surface area contributed by atoms with Gasteiger partial charge in [-0.3, -0.25) is 14.4 Å². The zero-order chi connectivity index (χ0) is 13.3. The molecule has 0 heterocycles. The molecule has 1 unspecified atom stereocenters. The summed E-state index contributed by atoms with van der Waals surface area (Å²) in [6.45, 7) is 0.0830. The average molecular weight is 243 g/mol. The van der Waals surface area contributed by atoms with Crippen molar-refractivity contribution in [3.63, 3.8) is 0 Å². The molecule has 0 aromatic carbocycles. The Morgan fingerprint density at radius 1 is 1.35 bits per heavy atom. The van der Waals surface area contributed by atoms with Gasteiger partial charge in [0.15, 0.2) is 0 Å². The fourth-order valence-electron chi connectivity index (χ4n) is 1.23. The van der Waals surface area contributed by atoms with Crippen molar-refractivity contribution in [1.82, 2.24) is 10.6 Å². The van der Waals surface area contributed by atoms with Crippen molar-refractivity contribution in [3.8, 4) is 0 Å². The van der Waals surface area contributed by atoms with Crippen LogP contribution in [-0.4, -0.2) is 37.6 Å². The van der Waals surface area contributed by atoms with E-state index in [4.69, 9.17) is 5.73 Å². The Hall–Kier alpha value is -1.92. The summed E-state index contributed by atoms with van der Waals surface area (Å²) < 4.78 is 0. The molecule has 0 spiro atoms. The van der Waals surface area contributed by atoms with Gasteiger partial charge in [0, 0.05) is 20.0 Å². The Kier molecular flexibility index (Phi) is 7.32. The molecular formula is C10H17N3O4. The number of nitrogens with one attached hydrogen (secondary N) is 2. The molecule has 0 fully saturated rings. The zero-order valence-corrected chi connectivity index (χ0v) is 9.69. The minimum Gasteiger partial charge on any atom is -0.370 e. The van der Waals surface area contributed by atoms with Gasteiger partial charge in [-0.1, -0.05) is 0 Å². The van der Waals surface area contributed by atoms with Crippen molar-refractivity contribution >= 4 is 24.0 Å². The van der Waals surface area contributed by atoms with Crippen LogP contribution in [0, 0.1) is 5.92 Å². The zero-order valence-electron chi connectivity index (χ0n) is 9.69. The summed E-state index contributed by atoms with van der Waals surface area (Å²) in [5.41, 5.74) is 4.98. The highest BCUT2D eigenvalue weighted by Gasteiger charge is 2.18. The number of amides is 3. The first-order valence-corrected chi connectivity index (χ1v) is 5.21. The topological polar surface area (TPSA) is 118 Å². The minimum absolute atomic E-state index is 0.0711. The molecule has 3 amide bonds. The lowest BCUT2D eigenvalue weighted by molar-refractivity contribution is -0.126. The quantitative estimate of drug-likeness (QED) is 0.348. The van der Waals surface area contributed by atoms with Gasteiger partial charge in [0.25, 0.3) is 0 Å². The van der Waals surface area contributed by atoms with E-state index in [2.05, 4.69) is 10.6 Å². The summed E-state index contributed by atoms with van der Waals surface area (Å²) in [7, 11) is 1.47. The molecule has 0 aliphatic heterocycles. The number of nitrogens with two attached hydrogens (primary N) is 1. The standard InChI is InChI=1S/C10H17N3O4/c1-12-10(17)7(2-3-8(11)15)6-13-9(16)4-5-14/h5,7H,2-4,6H2,1H3,(H2,11,15)(H,12,17)(H,13,16). The summed E-state index contributed by atoms with van der Waals surface area (Å²) >= 11 is 0. The number of hydrogen-bond donors (Lipinski definition) is 3. The van der Waals surface area contributed by atoms with Gasteiger partial charge in [0.05, 0.1) is 12.3 Å². The van der Waals surface area contributed by atoms with Crippen LogP contribution in [0.25, 0.3) is 0 Å². The third-order valence-electron chi connectivity index (χ3n) is 2.17. The highest BCUT2D eigenvalue weighted by molar-refractivity contribution is 5.88. The molecule has 0 aliphatic rings. The predicted molar refractivity (Wildman–Crippen MR) is 59.7 cm³/mol. The van der Waals surface area contributed by atoms with E-state index in [1.54, 1.807) is 0 Å². The number of hydrogen-bond acceptors (Lipinski definition) is 4. The lowest BCUT2D eigenvalue weighted by atomic mass is 10.0. The van der Waals surface area contributed by atoms with Gasteiger partial charge < -0.3 is 21.2 Å². The van der Waals surface area contributed by atoms with Crippen LogP contribution in [-0.2, 0) is 19.2 Å². The van der Waals surface area contributed by atoms with E-state index >= 15 is 0 Å². The SMILES string of the molecule is CNC(=O)C(CCC(N)=O)CNC(=O)CC=O. The minimum atomic E-state index is -0.525. The Balaban J connectivity index is 4.19. The molecule has 0 saturated heterocycles. The van der Waals surface area contributed by atoms with E-state index in [9.17, 15) is 19.2 Å². The molecule has 17 heavy (non-hydrogen) atoms. The summed E-state index contributed by atoms with van der Waals surface area (Å²) in [5, 5.41) is 4.87. The molecule has 0 radical (unpaired) electrons. The highest BCUT2D eigenvalue weighted by Crippen LogP contribution is 2.05. The van der Waals surface area contributed by atoms with Crippen molar-refractivity contribution in [2.75, 3.05) is 13.6 Å². The molecule has 0 rings (SSSR count). The average Bonchev–Trinajstić information content (AvgIpc) is 2.28. The van der Waals surface area contributed by atoms with E-state index in [0.717, 1.165) is 0 Å². The van der Waals surface area contributed by atoms with E-state index < -0.39 is 17.7 Å². The fraction of sp³-hybridized carbons (Fsp3) is 0.600. The van der Waals surface area contributed by atoms with Crippen LogP contribution < -0.4 is 16.4 Å². The van der Waals surface area contributed by atoms with Gasteiger partial charge in [0.2, 0.25) is 17.7 Å². The number of carbonyl (C=O) groups is 4. The molecule has 0 bridgehead atoms. The number of rotatable bonds is 8. The first-order chi connectivity index (χ1) is 8.01. The Bertz CT molecular complexity index is 304. The van der Waals surface area contributed by atoms with Gasteiger partial charge in [-0.25, -0.2) is 0 Å². The first kappa shape index (κ1) is 15.1. The second kappa shape index (κ2) is 8.26. The fourth-order valence-corrected chi connectivity index (χ4v) is 1.23. The number of aldehydes is 1. The van der Waals surface area contributed by atoms with Crippen molar-refractivity contribution in [1.29, 1.82) is 0 Å². The molecule has 96 valence electrons. The van der Waals surface area contributed by atoms with E-state index in [0.29, 0.717) is 6.29 Å². The highest BCUT2D eigenvalue weighted by atomic mass is 16.2. The van der Waals surface area contributed by atoms with Crippen LogP contribution in [0.15, 0.2) is 0 Å². The van der Waals surface area contributed by atoms with Gasteiger partial charge in [-0.05, 0) is 6.42 Å². The van der Waals surface area contributed by atoms with Crippen LogP contribution in [0.3, 0.4) is 0 Å². The molecule has 4 N–H and O–H groups in total. The van der Waals surface area contributed by atoms with Crippen LogP contribution in [0.4, 0.5) is 0 Å². The molecule has 0 aromatic heterocycles. The van der Waals surface area contributed by atoms with Crippen LogP contribution in [0.2, 0.25) is 0 Å². The Morgan fingerprint density at radius 3 is 2.47 bits per heavy atom. The van der Waals surface area contributed by atoms with Crippen LogP contribution in [0.5, 0.6) is 0 Å². The smallest absolute Gasteiger partial charge is 0.227 e. The molecular weight excluding hydrogens is 226 g/mol. The van der Waals surface area contributed by atoms with E-state index in [1.165, 1.54) is 7.05 Å². The van der Waals surface area contributed by atoms with Gasteiger partial charge in [0.1, 0.15) is 6.29 Å². The third kappa shape index (κ3) is 7.04. The number of carbonyl (C=O) groups excluding carboxylic acids is 4. The van der Waals surface area contributed by atoms with Crippen LogP contribution in [0.1, 0.15) is 19.3 Å². The summed E-state index contributed by atoms with van der Waals surface area (Å²) in [6, 6.07) is 0. The number of primary amides is 1. The van der Waals surface area contributed by atoms with Crippen molar-refractivity contribution in [2.24, 2.45) is 11.7 Å². The van der Waals surface area contributed by atoms with Gasteiger partial charge in [-0.15, -0.1) is 0 Å². The maximum Gasteiger partial charge on any atom is 0.227 e. The van der Waals surface area contributed by atoms with E-state index in [-0.39, 0.29) is 31.7 Å². The Morgan fingerprint density at radius 2 is 2.00 bits per heavy atom. The lowest BCUT2D eigenvalue weighted by Crippen LogP contribution is -2.38. The van der Waals surface area contributed by atoms with Gasteiger partial charge in [-0.2, -0.15) is 0 Å². The Labute approximate surface area is 99.1 Å². The summed E-state index contributed by atoms with van der Waals surface area (Å²) in [5.74, 6) is -1.76. The third-order valence-corrected chi connectivity index (χ3v) is 2.17. The lowest BCUT2D eigenvalue weighted by Gasteiger charge is -2.14. The molecule has 0 saturated carbocycles. The predicted octanol–water partition coefficient (Wildman–Crippen LogP) is -1.68. The second-order valence-electron chi connectivity index (χ2n) is 3.49. The normalized spacial score (nSPS) is 11.4. The monoisotopic (exact) mass is 243 g/mol. The molecule has 0 aliphatic carbocycles. The van der Waals surface area contributed by atoms with E-state index in [1.807, 2.05) is 0 Å².